The van der Waals surface area contributed by atoms with Gasteiger partial charge in [-0.2, -0.15) is 0 Å². The molecule has 19 heavy (non-hydrogen) atoms. The summed E-state index contributed by atoms with van der Waals surface area (Å²) in [7, 11) is 4.09. The van der Waals surface area contributed by atoms with E-state index >= 15 is 0 Å². The Balaban J connectivity index is 2.62. The Kier molecular flexibility index (Phi) is 5.56. The highest BCUT2D eigenvalue weighted by molar-refractivity contribution is 9.10. The zero-order valence-electron chi connectivity index (χ0n) is 12.4. The average Bonchev–Trinajstić information content (AvgIpc) is 2.28. The number of carbonyl (C=O) groups excluding carboxylic acids is 1. The first-order valence-corrected chi connectivity index (χ1v) is 7.20. The molecule has 0 fully saturated rings. The van der Waals surface area contributed by atoms with Gasteiger partial charge in [0.1, 0.15) is 0 Å². The molecule has 0 spiro atoms. The number of nitrogens with one attached hydrogen (secondary N) is 1. The quantitative estimate of drug-likeness (QED) is 0.901. The van der Waals surface area contributed by atoms with Gasteiger partial charge < -0.3 is 10.2 Å². The Labute approximate surface area is 124 Å². The Hall–Kier alpha value is -0.870. The van der Waals surface area contributed by atoms with Crippen molar-refractivity contribution < 1.29 is 4.79 Å². The van der Waals surface area contributed by atoms with Gasteiger partial charge in [-0.25, -0.2) is 0 Å². The first kappa shape index (κ1) is 16.2. The maximum atomic E-state index is 12.1. The molecule has 3 nitrogen and oxygen atoms in total. The number of rotatable bonds is 5. The predicted molar refractivity (Wildman–Crippen MR) is 83.5 cm³/mol. The highest BCUT2D eigenvalue weighted by atomic mass is 79.9. The number of benzene rings is 1. The Morgan fingerprint density at radius 2 is 2.00 bits per heavy atom. The molecule has 4 heteroatoms. The number of hydrogen-bond donors (Lipinski definition) is 1. The van der Waals surface area contributed by atoms with Crippen molar-refractivity contribution in [1.82, 2.24) is 10.2 Å². The molecule has 0 bridgehead atoms. The summed E-state index contributed by atoms with van der Waals surface area (Å²) in [6.07, 6.45) is 0. The highest BCUT2D eigenvalue weighted by Gasteiger charge is 2.20. The molecule has 0 aliphatic heterocycles. The second-order valence-corrected chi connectivity index (χ2v) is 6.90. The van der Waals surface area contributed by atoms with Gasteiger partial charge in [-0.15, -0.1) is 0 Å². The maximum Gasteiger partial charge on any atom is 0.251 e. The van der Waals surface area contributed by atoms with Crippen LogP contribution in [0.3, 0.4) is 0 Å². The van der Waals surface area contributed by atoms with Crippen molar-refractivity contribution >= 4 is 21.8 Å². The van der Waals surface area contributed by atoms with Crippen molar-refractivity contribution in [3.63, 3.8) is 0 Å². The number of nitrogens with zero attached hydrogens (tertiary/aromatic N) is 1. The van der Waals surface area contributed by atoms with E-state index in [1.54, 1.807) is 0 Å². The average molecular weight is 327 g/mol. The topological polar surface area (TPSA) is 32.3 Å². The summed E-state index contributed by atoms with van der Waals surface area (Å²) in [4.78, 5) is 14.2. The van der Waals surface area contributed by atoms with Crippen LogP contribution in [0.4, 0.5) is 0 Å². The van der Waals surface area contributed by atoms with E-state index in [0.717, 1.165) is 16.6 Å². The van der Waals surface area contributed by atoms with Crippen LogP contribution in [-0.2, 0) is 0 Å². The van der Waals surface area contributed by atoms with Crippen molar-refractivity contribution in [3.8, 4) is 0 Å². The minimum absolute atomic E-state index is 0.0116. The third kappa shape index (κ3) is 5.33. The number of carbonyl (C=O) groups is 1. The van der Waals surface area contributed by atoms with Crippen molar-refractivity contribution in [3.05, 3.63) is 33.8 Å². The van der Waals surface area contributed by atoms with E-state index in [1.807, 2.05) is 39.2 Å². The van der Waals surface area contributed by atoms with Crippen LogP contribution in [0, 0.1) is 12.3 Å². The van der Waals surface area contributed by atoms with E-state index in [1.165, 1.54) is 0 Å². The molecule has 1 aromatic carbocycles. The minimum Gasteiger partial charge on any atom is -0.351 e. The van der Waals surface area contributed by atoms with E-state index in [-0.39, 0.29) is 11.3 Å². The summed E-state index contributed by atoms with van der Waals surface area (Å²) in [5.74, 6) is -0.0116. The van der Waals surface area contributed by atoms with Crippen LogP contribution in [-0.4, -0.2) is 38.0 Å². The lowest BCUT2D eigenvalue weighted by molar-refractivity contribution is 0.0929. The molecule has 0 atom stereocenters. The molecule has 0 aliphatic rings. The third-order valence-corrected chi connectivity index (χ3v) is 3.78. The summed E-state index contributed by atoms with van der Waals surface area (Å²) in [5, 5.41) is 3.01. The maximum absolute atomic E-state index is 12.1. The van der Waals surface area contributed by atoms with Crippen LogP contribution in [0.15, 0.2) is 22.7 Å². The summed E-state index contributed by atoms with van der Waals surface area (Å²) in [6, 6.07) is 5.65. The molecular formula is C15H23BrN2O. The number of halogens is 1. The van der Waals surface area contributed by atoms with Crippen LogP contribution < -0.4 is 5.32 Å². The predicted octanol–water partition coefficient (Wildman–Crippen LogP) is 3.08. The summed E-state index contributed by atoms with van der Waals surface area (Å²) in [5.41, 5.74) is 1.84. The normalized spacial score (nSPS) is 11.7. The van der Waals surface area contributed by atoms with Gasteiger partial charge in [0.2, 0.25) is 0 Å². The van der Waals surface area contributed by atoms with Gasteiger partial charge in [0, 0.05) is 23.1 Å². The number of aryl methyl sites for hydroxylation is 1. The first-order valence-electron chi connectivity index (χ1n) is 6.40. The van der Waals surface area contributed by atoms with Crippen molar-refractivity contribution in [2.24, 2.45) is 5.41 Å². The molecule has 0 saturated carbocycles. The fraction of sp³-hybridized carbons (Fsp3) is 0.533. The van der Waals surface area contributed by atoms with Crippen LogP contribution in [0.1, 0.15) is 29.8 Å². The van der Waals surface area contributed by atoms with Gasteiger partial charge in [0.25, 0.3) is 5.91 Å². The van der Waals surface area contributed by atoms with Crippen molar-refractivity contribution in [2.45, 2.75) is 20.8 Å². The van der Waals surface area contributed by atoms with Crippen LogP contribution in [0.2, 0.25) is 0 Å². The molecule has 106 valence electrons. The molecule has 0 aliphatic carbocycles. The SMILES string of the molecule is Cc1cc(C(=O)NCC(C)(C)CN(C)C)ccc1Br. The fourth-order valence-corrected chi connectivity index (χ4v) is 2.37. The van der Waals surface area contributed by atoms with E-state index < -0.39 is 0 Å². The van der Waals surface area contributed by atoms with Crippen LogP contribution >= 0.6 is 15.9 Å². The lowest BCUT2D eigenvalue weighted by Gasteiger charge is -2.28. The standard InChI is InChI=1S/C15H23BrN2O/c1-11-8-12(6-7-13(11)16)14(19)17-9-15(2,3)10-18(4)5/h6-8H,9-10H2,1-5H3,(H,17,19). The molecule has 0 saturated heterocycles. The number of amides is 1. The van der Waals surface area contributed by atoms with Crippen LogP contribution in [0.5, 0.6) is 0 Å². The number of hydrogen-bond acceptors (Lipinski definition) is 2. The molecule has 1 rings (SSSR count). The van der Waals surface area contributed by atoms with Crippen molar-refractivity contribution in [2.75, 3.05) is 27.2 Å². The molecule has 0 aromatic heterocycles. The molecule has 1 N–H and O–H groups in total. The van der Waals surface area contributed by atoms with Gasteiger partial charge in [-0.1, -0.05) is 29.8 Å². The van der Waals surface area contributed by atoms with Gasteiger partial charge in [-0.3, -0.25) is 4.79 Å². The minimum atomic E-state index is -0.0116. The lowest BCUT2D eigenvalue weighted by Crippen LogP contribution is -2.39. The Morgan fingerprint density at radius 1 is 1.37 bits per heavy atom. The monoisotopic (exact) mass is 326 g/mol. The van der Waals surface area contributed by atoms with Gasteiger partial charge in [0.05, 0.1) is 0 Å². The Bertz CT molecular complexity index is 455. The lowest BCUT2D eigenvalue weighted by atomic mass is 9.93. The zero-order valence-corrected chi connectivity index (χ0v) is 14.0. The summed E-state index contributed by atoms with van der Waals surface area (Å²) >= 11 is 3.44. The smallest absolute Gasteiger partial charge is 0.251 e. The first-order chi connectivity index (χ1) is 8.71. The van der Waals surface area contributed by atoms with E-state index in [9.17, 15) is 4.79 Å². The highest BCUT2D eigenvalue weighted by Crippen LogP contribution is 2.18. The molecule has 0 radical (unpaired) electrons. The second kappa shape index (κ2) is 6.53. The molecular weight excluding hydrogens is 304 g/mol. The molecule has 0 unspecified atom stereocenters. The van der Waals surface area contributed by atoms with E-state index in [0.29, 0.717) is 12.1 Å². The summed E-state index contributed by atoms with van der Waals surface area (Å²) < 4.78 is 1.02. The third-order valence-electron chi connectivity index (χ3n) is 2.89. The Morgan fingerprint density at radius 3 is 2.53 bits per heavy atom. The fourth-order valence-electron chi connectivity index (χ4n) is 2.12. The molecule has 0 heterocycles. The molecule has 1 aromatic rings. The van der Waals surface area contributed by atoms with Crippen molar-refractivity contribution in [1.29, 1.82) is 0 Å². The summed E-state index contributed by atoms with van der Waals surface area (Å²) in [6.45, 7) is 7.89. The second-order valence-electron chi connectivity index (χ2n) is 6.05. The van der Waals surface area contributed by atoms with Gasteiger partial charge in [0.15, 0.2) is 0 Å². The van der Waals surface area contributed by atoms with Gasteiger partial charge >= 0.3 is 0 Å². The largest absolute Gasteiger partial charge is 0.351 e. The van der Waals surface area contributed by atoms with E-state index in [4.69, 9.17) is 0 Å². The molecule has 1 amide bonds. The van der Waals surface area contributed by atoms with E-state index in [2.05, 4.69) is 40.0 Å². The van der Waals surface area contributed by atoms with Crippen LogP contribution in [0.25, 0.3) is 0 Å². The zero-order chi connectivity index (χ0) is 14.6. The van der Waals surface area contributed by atoms with Gasteiger partial charge in [-0.05, 0) is 50.2 Å².